The van der Waals surface area contributed by atoms with Crippen molar-refractivity contribution in [1.29, 1.82) is 0 Å². The lowest BCUT2D eigenvalue weighted by Gasteiger charge is -2.09. The number of para-hydroxylation sites is 1. The van der Waals surface area contributed by atoms with E-state index in [1.807, 2.05) is 45.2 Å². The molecule has 2 heterocycles. The summed E-state index contributed by atoms with van der Waals surface area (Å²) >= 11 is 0. The summed E-state index contributed by atoms with van der Waals surface area (Å²) in [5.41, 5.74) is 1.82. The molecule has 3 rings (SSSR count). The van der Waals surface area contributed by atoms with Crippen molar-refractivity contribution in [1.82, 2.24) is 14.9 Å². The van der Waals surface area contributed by atoms with Crippen LogP contribution in [0, 0.1) is 0 Å². The van der Waals surface area contributed by atoms with E-state index in [-0.39, 0.29) is 17.6 Å². The van der Waals surface area contributed by atoms with Gasteiger partial charge in [0.05, 0.1) is 22.5 Å². The van der Waals surface area contributed by atoms with Crippen molar-refractivity contribution in [3.05, 3.63) is 46.4 Å². The topological polar surface area (TPSA) is 76.1 Å². The highest BCUT2D eigenvalue weighted by Crippen LogP contribution is 2.23. The first-order valence-electron chi connectivity index (χ1n) is 8.49. The molecular weight excluding hydrogens is 318 g/mol. The number of nitrogens with zero attached hydrogens (tertiary/aromatic N) is 1. The Balaban J connectivity index is 1.86. The van der Waals surface area contributed by atoms with Crippen LogP contribution in [0.3, 0.4) is 0 Å². The molecule has 132 valence electrons. The fraction of sp³-hybridized carbons (Fsp3) is 0.368. The van der Waals surface area contributed by atoms with E-state index < -0.39 is 0 Å². The zero-order valence-electron chi connectivity index (χ0n) is 14.8. The molecule has 0 spiro atoms. The molecule has 0 saturated heterocycles. The molecule has 1 aromatic carbocycles. The third-order valence-electron chi connectivity index (χ3n) is 4.20. The molecule has 3 aromatic rings. The highest BCUT2D eigenvalue weighted by molar-refractivity contribution is 6.07. The first-order chi connectivity index (χ1) is 12.0. The Bertz CT molecular complexity index is 969. The molecular formula is C19H23N3O3. The number of benzene rings is 1. The Morgan fingerprint density at radius 3 is 2.80 bits per heavy atom. The molecule has 2 N–H and O–H groups in total. The largest absolute Gasteiger partial charge is 0.379 e. The quantitative estimate of drug-likeness (QED) is 0.677. The average Bonchev–Trinajstić information content (AvgIpc) is 2.93. The molecule has 0 unspecified atom stereocenters. The minimum atomic E-state index is -0.188. The summed E-state index contributed by atoms with van der Waals surface area (Å²) in [5, 5.41) is 4.33. The highest BCUT2D eigenvalue weighted by Gasteiger charge is 2.17. The van der Waals surface area contributed by atoms with E-state index in [2.05, 4.69) is 10.3 Å². The smallest absolute Gasteiger partial charge is 0.267 e. The number of hydrogen-bond donors (Lipinski definition) is 2. The van der Waals surface area contributed by atoms with E-state index in [4.69, 9.17) is 4.74 Å². The van der Waals surface area contributed by atoms with E-state index in [0.29, 0.717) is 24.2 Å². The van der Waals surface area contributed by atoms with Crippen molar-refractivity contribution >= 4 is 27.7 Å². The summed E-state index contributed by atoms with van der Waals surface area (Å²) in [6.07, 6.45) is 0.936. The molecule has 2 aromatic heterocycles. The Hall–Kier alpha value is -2.60. The summed E-state index contributed by atoms with van der Waals surface area (Å²) in [6.45, 7) is 5.10. The van der Waals surface area contributed by atoms with Crippen LogP contribution < -0.4 is 10.9 Å². The van der Waals surface area contributed by atoms with E-state index in [1.165, 1.54) is 0 Å². The minimum absolute atomic E-state index is 0.186. The first kappa shape index (κ1) is 17.2. The van der Waals surface area contributed by atoms with Crippen LogP contribution in [0.15, 0.2) is 35.1 Å². The number of amides is 1. The molecule has 0 radical (unpaired) electrons. The van der Waals surface area contributed by atoms with Crippen LogP contribution in [0.25, 0.3) is 21.8 Å². The maximum absolute atomic E-state index is 12.5. The van der Waals surface area contributed by atoms with E-state index in [0.717, 1.165) is 22.8 Å². The third kappa shape index (κ3) is 3.44. The van der Waals surface area contributed by atoms with Gasteiger partial charge in [0.15, 0.2) is 0 Å². The van der Waals surface area contributed by atoms with Gasteiger partial charge >= 0.3 is 0 Å². The number of pyridine rings is 1. The molecule has 0 fully saturated rings. The number of carbonyl (C=O) groups is 1. The molecule has 1 amide bonds. The van der Waals surface area contributed by atoms with Crippen molar-refractivity contribution in [3.63, 3.8) is 0 Å². The van der Waals surface area contributed by atoms with Crippen LogP contribution in [0.1, 0.15) is 30.8 Å². The predicted molar refractivity (Wildman–Crippen MR) is 99.1 cm³/mol. The Morgan fingerprint density at radius 1 is 1.28 bits per heavy atom. The maximum atomic E-state index is 12.5. The van der Waals surface area contributed by atoms with Gasteiger partial charge in [-0.05, 0) is 32.4 Å². The summed E-state index contributed by atoms with van der Waals surface area (Å²) < 4.78 is 7.25. The fourth-order valence-electron chi connectivity index (χ4n) is 2.99. The zero-order valence-corrected chi connectivity index (χ0v) is 14.8. The van der Waals surface area contributed by atoms with Crippen molar-refractivity contribution in [2.45, 2.75) is 26.4 Å². The lowest BCUT2D eigenvalue weighted by Crippen LogP contribution is -2.27. The van der Waals surface area contributed by atoms with Crippen molar-refractivity contribution < 1.29 is 9.53 Å². The predicted octanol–water partition coefficient (Wildman–Crippen LogP) is 2.56. The van der Waals surface area contributed by atoms with Gasteiger partial charge in [0.2, 0.25) is 0 Å². The molecule has 0 bridgehead atoms. The molecule has 25 heavy (non-hydrogen) atoms. The third-order valence-corrected chi connectivity index (χ3v) is 4.20. The number of rotatable bonds is 6. The number of nitrogens with one attached hydrogen (secondary N) is 2. The summed E-state index contributed by atoms with van der Waals surface area (Å²) in [7, 11) is 1.81. The highest BCUT2D eigenvalue weighted by atomic mass is 16.5. The summed E-state index contributed by atoms with van der Waals surface area (Å²) in [6, 6.07) is 9.25. The Labute approximate surface area is 145 Å². The van der Waals surface area contributed by atoms with Gasteiger partial charge in [-0.15, -0.1) is 0 Å². The van der Waals surface area contributed by atoms with E-state index in [1.54, 1.807) is 10.6 Å². The minimum Gasteiger partial charge on any atom is -0.379 e. The molecule has 6 heteroatoms. The van der Waals surface area contributed by atoms with Crippen LogP contribution >= 0.6 is 0 Å². The summed E-state index contributed by atoms with van der Waals surface area (Å²) in [4.78, 5) is 27.7. The van der Waals surface area contributed by atoms with Crippen molar-refractivity contribution in [2.24, 2.45) is 7.05 Å². The van der Waals surface area contributed by atoms with Crippen LogP contribution in [0.2, 0.25) is 0 Å². The van der Waals surface area contributed by atoms with Gasteiger partial charge in [0, 0.05) is 25.6 Å². The second kappa shape index (κ2) is 7.11. The van der Waals surface area contributed by atoms with Crippen LogP contribution in [0.5, 0.6) is 0 Å². The monoisotopic (exact) mass is 341 g/mol. The van der Waals surface area contributed by atoms with E-state index in [9.17, 15) is 9.59 Å². The van der Waals surface area contributed by atoms with Gasteiger partial charge in [-0.2, -0.15) is 0 Å². The second-order valence-electron chi connectivity index (χ2n) is 6.38. The van der Waals surface area contributed by atoms with Crippen LogP contribution in [-0.2, 0) is 11.8 Å². The van der Waals surface area contributed by atoms with Gasteiger partial charge in [0.1, 0.15) is 5.69 Å². The van der Waals surface area contributed by atoms with E-state index >= 15 is 0 Å². The van der Waals surface area contributed by atoms with Crippen LogP contribution in [0.4, 0.5) is 0 Å². The molecule has 0 saturated carbocycles. The number of carbonyl (C=O) groups excluding carboxylic acids is 1. The number of ether oxygens (including phenoxy) is 1. The molecule has 0 aliphatic heterocycles. The SMILES string of the molecule is CC(C)OCCCNC(=O)c1cc2c(=O)[nH]c3ccccc3c2n1C. The van der Waals surface area contributed by atoms with Gasteiger partial charge in [0.25, 0.3) is 11.5 Å². The summed E-state index contributed by atoms with van der Waals surface area (Å²) in [5.74, 6) is -0.188. The number of aryl methyl sites for hydroxylation is 1. The Kier molecular flexibility index (Phi) is 4.90. The molecule has 6 nitrogen and oxygen atoms in total. The first-order valence-corrected chi connectivity index (χ1v) is 8.49. The number of hydrogen-bond acceptors (Lipinski definition) is 3. The van der Waals surface area contributed by atoms with Gasteiger partial charge in [-0.3, -0.25) is 9.59 Å². The average molecular weight is 341 g/mol. The number of aromatic amines is 1. The molecule has 0 atom stereocenters. The normalized spacial score (nSPS) is 11.5. The second-order valence-corrected chi connectivity index (χ2v) is 6.38. The Morgan fingerprint density at radius 2 is 2.04 bits per heavy atom. The molecule has 0 aliphatic carbocycles. The maximum Gasteiger partial charge on any atom is 0.267 e. The lowest BCUT2D eigenvalue weighted by molar-refractivity contribution is 0.0756. The molecule has 0 aliphatic rings. The van der Waals surface area contributed by atoms with Gasteiger partial charge in [-0.25, -0.2) is 0 Å². The van der Waals surface area contributed by atoms with Crippen LogP contribution in [-0.4, -0.2) is 34.7 Å². The number of aromatic nitrogens is 2. The van der Waals surface area contributed by atoms with Crippen molar-refractivity contribution in [2.75, 3.05) is 13.2 Å². The number of fused-ring (bicyclic) bond motifs is 3. The van der Waals surface area contributed by atoms with Gasteiger partial charge in [-0.1, -0.05) is 18.2 Å². The zero-order chi connectivity index (χ0) is 18.0. The van der Waals surface area contributed by atoms with Crippen molar-refractivity contribution in [3.8, 4) is 0 Å². The fourth-order valence-corrected chi connectivity index (χ4v) is 2.99. The number of H-pyrrole nitrogens is 1. The lowest BCUT2D eigenvalue weighted by atomic mass is 10.1. The standard InChI is InChI=1S/C19H23N3O3/c1-12(2)25-10-6-9-20-19(24)16-11-14-17(22(16)3)13-7-4-5-8-15(13)21-18(14)23/h4-5,7-8,11-12H,6,9-10H2,1-3H3,(H,20,24)(H,21,23). The van der Waals surface area contributed by atoms with Gasteiger partial charge < -0.3 is 19.6 Å².